The van der Waals surface area contributed by atoms with Gasteiger partial charge in [-0.3, -0.25) is 9.69 Å². The number of hydrogen-bond donors (Lipinski definition) is 1. The minimum Gasteiger partial charge on any atom is -0.369 e. The van der Waals surface area contributed by atoms with Crippen LogP contribution in [0.25, 0.3) is 0 Å². The SMILES string of the molecule is CCC(CC#N)N1CCCC(C(N)=O)C1. The van der Waals surface area contributed by atoms with Gasteiger partial charge in [0, 0.05) is 12.6 Å². The van der Waals surface area contributed by atoms with Crippen LogP contribution in [0, 0.1) is 17.2 Å². The molecule has 0 bridgehead atoms. The van der Waals surface area contributed by atoms with Crippen molar-refractivity contribution in [3.8, 4) is 6.07 Å². The quantitative estimate of drug-likeness (QED) is 0.747. The van der Waals surface area contributed by atoms with Crippen LogP contribution in [0.1, 0.15) is 32.6 Å². The summed E-state index contributed by atoms with van der Waals surface area (Å²) in [6.45, 7) is 3.80. The number of amides is 1. The van der Waals surface area contributed by atoms with E-state index < -0.39 is 0 Å². The lowest BCUT2D eigenvalue weighted by atomic mass is 9.95. The average Bonchev–Trinajstić information content (AvgIpc) is 2.26. The second kappa shape index (κ2) is 5.72. The van der Waals surface area contributed by atoms with E-state index in [-0.39, 0.29) is 17.9 Å². The van der Waals surface area contributed by atoms with E-state index in [1.54, 1.807) is 0 Å². The topological polar surface area (TPSA) is 70.1 Å². The van der Waals surface area contributed by atoms with Crippen molar-refractivity contribution < 1.29 is 4.79 Å². The van der Waals surface area contributed by atoms with Gasteiger partial charge >= 0.3 is 0 Å². The van der Waals surface area contributed by atoms with Crippen LogP contribution in [-0.4, -0.2) is 29.9 Å². The van der Waals surface area contributed by atoms with Gasteiger partial charge in [-0.1, -0.05) is 6.92 Å². The second-order valence-corrected chi connectivity index (χ2v) is 4.16. The number of likely N-dealkylation sites (tertiary alicyclic amines) is 1. The van der Waals surface area contributed by atoms with Crippen molar-refractivity contribution in [1.29, 1.82) is 5.26 Å². The maximum atomic E-state index is 11.1. The molecule has 1 heterocycles. The first-order valence-electron chi connectivity index (χ1n) is 5.59. The molecule has 1 fully saturated rings. The number of nitrogens with two attached hydrogens (primary N) is 1. The fraction of sp³-hybridized carbons (Fsp3) is 0.818. The second-order valence-electron chi connectivity index (χ2n) is 4.16. The van der Waals surface area contributed by atoms with Crippen LogP contribution in [0.15, 0.2) is 0 Å². The van der Waals surface area contributed by atoms with Gasteiger partial charge in [0.2, 0.25) is 5.91 Å². The van der Waals surface area contributed by atoms with E-state index >= 15 is 0 Å². The van der Waals surface area contributed by atoms with Crippen LogP contribution >= 0.6 is 0 Å². The van der Waals surface area contributed by atoms with Crippen molar-refractivity contribution in [2.75, 3.05) is 13.1 Å². The summed E-state index contributed by atoms with van der Waals surface area (Å²) < 4.78 is 0. The predicted molar refractivity (Wildman–Crippen MR) is 57.8 cm³/mol. The Bertz CT molecular complexity index is 259. The maximum Gasteiger partial charge on any atom is 0.221 e. The van der Waals surface area contributed by atoms with E-state index in [1.165, 1.54) is 0 Å². The third-order valence-electron chi connectivity index (χ3n) is 3.17. The average molecular weight is 209 g/mol. The molecule has 1 rings (SSSR count). The van der Waals surface area contributed by atoms with Gasteiger partial charge in [0.15, 0.2) is 0 Å². The summed E-state index contributed by atoms with van der Waals surface area (Å²) in [7, 11) is 0. The Kier molecular flexibility index (Phi) is 4.57. The van der Waals surface area contributed by atoms with Gasteiger partial charge in [-0.05, 0) is 25.8 Å². The molecular weight excluding hydrogens is 190 g/mol. The molecule has 1 aliphatic rings. The Labute approximate surface area is 91.0 Å². The monoisotopic (exact) mass is 209 g/mol. The fourth-order valence-electron chi connectivity index (χ4n) is 2.21. The highest BCUT2D eigenvalue weighted by molar-refractivity contribution is 5.76. The van der Waals surface area contributed by atoms with E-state index in [4.69, 9.17) is 11.0 Å². The summed E-state index contributed by atoms with van der Waals surface area (Å²) >= 11 is 0. The van der Waals surface area contributed by atoms with Gasteiger partial charge in [-0.2, -0.15) is 5.26 Å². The minimum atomic E-state index is -0.202. The molecule has 0 aliphatic carbocycles. The standard InChI is InChI=1S/C11H19N3O/c1-2-10(5-6-12)14-7-3-4-9(8-14)11(13)15/h9-10H,2-5,7-8H2,1H3,(H2,13,15). The summed E-state index contributed by atoms with van der Waals surface area (Å²) in [6.07, 6.45) is 3.41. The number of nitriles is 1. The van der Waals surface area contributed by atoms with Crippen molar-refractivity contribution in [3.05, 3.63) is 0 Å². The highest BCUT2D eigenvalue weighted by Gasteiger charge is 2.27. The number of rotatable bonds is 4. The number of carbonyl (C=O) groups excluding carboxylic acids is 1. The van der Waals surface area contributed by atoms with E-state index in [2.05, 4.69) is 17.9 Å². The van der Waals surface area contributed by atoms with E-state index in [9.17, 15) is 4.79 Å². The number of piperidine rings is 1. The van der Waals surface area contributed by atoms with Crippen LogP contribution < -0.4 is 5.73 Å². The third kappa shape index (κ3) is 3.21. The first-order chi connectivity index (χ1) is 7.19. The molecule has 1 aliphatic heterocycles. The van der Waals surface area contributed by atoms with E-state index in [1.807, 2.05) is 0 Å². The van der Waals surface area contributed by atoms with Crippen molar-refractivity contribution in [2.24, 2.45) is 11.7 Å². The highest BCUT2D eigenvalue weighted by atomic mass is 16.1. The van der Waals surface area contributed by atoms with Gasteiger partial charge in [-0.25, -0.2) is 0 Å². The Morgan fingerprint density at radius 1 is 1.73 bits per heavy atom. The predicted octanol–water partition coefficient (Wildman–Crippen LogP) is 0.876. The molecule has 2 atom stereocenters. The summed E-state index contributed by atoms with van der Waals surface area (Å²) in [6, 6.07) is 2.49. The van der Waals surface area contributed by atoms with Crippen molar-refractivity contribution in [1.82, 2.24) is 4.90 Å². The zero-order chi connectivity index (χ0) is 11.3. The Balaban J connectivity index is 2.54. The van der Waals surface area contributed by atoms with E-state index in [0.717, 1.165) is 32.4 Å². The lowest BCUT2D eigenvalue weighted by Gasteiger charge is -2.36. The summed E-state index contributed by atoms with van der Waals surface area (Å²) in [4.78, 5) is 13.3. The first-order valence-corrected chi connectivity index (χ1v) is 5.59. The number of nitrogens with zero attached hydrogens (tertiary/aromatic N) is 2. The Morgan fingerprint density at radius 3 is 3.00 bits per heavy atom. The molecule has 0 radical (unpaired) electrons. The molecule has 0 saturated carbocycles. The summed E-state index contributed by atoms with van der Waals surface area (Å²) in [5.41, 5.74) is 5.31. The number of primary amides is 1. The van der Waals surface area contributed by atoms with Gasteiger partial charge < -0.3 is 5.73 Å². The maximum absolute atomic E-state index is 11.1. The lowest BCUT2D eigenvalue weighted by molar-refractivity contribution is -0.123. The molecule has 4 heteroatoms. The molecule has 84 valence electrons. The molecule has 0 aromatic rings. The summed E-state index contributed by atoms with van der Waals surface area (Å²) in [5, 5.41) is 8.71. The number of carbonyl (C=O) groups is 1. The van der Waals surface area contributed by atoms with Crippen molar-refractivity contribution in [3.63, 3.8) is 0 Å². The minimum absolute atomic E-state index is 0.0218. The molecule has 1 saturated heterocycles. The van der Waals surface area contributed by atoms with Crippen molar-refractivity contribution >= 4 is 5.91 Å². The molecule has 2 N–H and O–H groups in total. The third-order valence-corrected chi connectivity index (χ3v) is 3.17. The zero-order valence-corrected chi connectivity index (χ0v) is 9.28. The van der Waals surface area contributed by atoms with Gasteiger partial charge in [0.25, 0.3) is 0 Å². The zero-order valence-electron chi connectivity index (χ0n) is 9.28. The molecule has 0 aromatic heterocycles. The fourth-order valence-corrected chi connectivity index (χ4v) is 2.21. The Morgan fingerprint density at radius 2 is 2.47 bits per heavy atom. The molecule has 15 heavy (non-hydrogen) atoms. The molecule has 2 unspecified atom stereocenters. The van der Waals surface area contributed by atoms with Crippen LogP contribution in [-0.2, 0) is 4.79 Å². The van der Waals surface area contributed by atoms with E-state index in [0.29, 0.717) is 6.42 Å². The first kappa shape index (κ1) is 12.0. The van der Waals surface area contributed by atoms with Crippen LogP contribution in [0.5, 0.6) is 0 Å². The van der Waals surface area contributed by atoms with Gasteiger partial charge in [-0.15, -0.1) is 0 Å². The largest absolute Gasteiger partial charge is 0.369 e. The van der Waals surface area contributed by atoms with Gasteiger partial charge in [0.05, 0.1) is 18.4 Å². The van der Waals surface area contributed by atoms with Gasteiger partial charge in [0.1, 0.15) is 0 Å². The van der Waals surface area contributed by atoms with Crippen LogP contribution in [0.4, 0.5) is 0 Å². The summed E-state index contributed by atoms with van der Waals surface area (Å²) in [5.74, 6) is -0.224. The lowest BCUT2D eigenvalue weighted by Crippen LogP contribution is -2.45. The van der Waals surface area contributed by atoms with Crippen LogP contribution in [0.3, 0.4) is 0 Å². The Hall–Kier alpha value is -1.08. The molecular formula is C11H19N3O. The number of hydrogen-bond acceptors (Lipinski definition) is 3. The molecule has 0 spiro atoms. The van der Waals surface area contributed by atoms with Crippen molar-refractivity contribution in [2.45, 2.75) is 38.6 Å². The molecule has 1 amide bonds. The molecule has 0 aromatic carbocycles. The normalized spacial score (nSPS) is 24.4. The van der Waals surface area contributed by atoms with Crippen LogP contribution in [0.2, 0.25) is 0 Å². The molecule has 4 nitrogen and oxygen atoms in total. The highest BCUT2D eigenvalue weighted by Crippen LogP contribution is 2.20. The smallest absolute Gasteiger partial charge is 0.221 e.